The molecule has 9 nitrogen and oxygen atoms in total. The van der Waals surface area contributed by atoms with Gasteiger partial charge in [-0.1, -0.05) is 30.3 Å². The van der Waals surface area contributed by atoms with Crippen LogP contribution in [0.2, 0.25) is 0 Å². The number of nitrogens with one attached hydrogen (secondary N) is 1. The number of para-hydroxylation sites is 3. The van der Waals surface area contributed by atoms with Crippen molar-refractivity contribution in [3.8, 4) is 11.5 Å². The van der Waals surface area contributed by atoms with E-state index < -0.39 is 5.91 Å². The van der Waals surface area contributed by atoms with Crippen LogP contribution < -0.4 is 24.9 Å². The molecule has 0 spiro atoms. The summed E-state index contributed by atoms with van der Waals surface area (Å²) in [4.78, 5) is 32.8. The summed E-state index contributed by atoms with van der Waals surface area (Å²) < 4.78 is 20.4. The minimum atomic E-state index is -0.456. The molecule has 0 aliphatic carbocycles. The van der Waals surface area contributed by atoms with E-state index in [9.17, 15) is 9.18 Å². The standard InChI is InChI=1S/C31H33FN6O3/c1-21-8-7-9-22(2)29(21)38(41-28-11-6-5-10-27(28)40-4)30(39)23-19-33-31(34-20-23)35-24-12-13-26(25(32)18-24)37-16-14-36(3)15-17-37/h5-13,18-20H,14-17H2,1-4H3,(H,33,34,35). The third kappa shape index (κ3) is 6.22. The summed E-state index contributed by atoms with van der Waals surface area (Å²) in [6.07, 6.45) is 2.83. The maximum Gasteiger partial charge on any atom is 0.294 e. The number of nitrogens with zero attached hydrogens (tertiary/aromatic N) is 5. The van der Waals surface area contributed by atoms with Crippen molar-refractivity contribution in [3.63, 3.8) is 0 Å². The number of rotatable bonds is 8. The highest BCUT2D eigenvalue weighted by molar-refractivity contribution is 6.05. The van der Waals surface area contributed by atoms with Crippen molar-refractivity contribution in [2.45, 2.75) is 13.8 Å². The van der Waals surface area contributed by atoms with Crippen molar-refractivity contribution in [1.29, 1.82) is 0 Å². The number of amides is 1. The fourth-order valence-corrected chi connectivity index (χ4v) is 4.75. The first kappa shape index (κ1) is 27.9. The number of hydrogen-bond donors (Lipinski definition) is 1. The number of hydrogen-bond acceptors (Lipinski definition) is 8. The van der Waals surface area contributed by atoms with E-state index in [0.717, 1.165) is 37.3 Å². The minimum Gasteiger partial charge on any atom is -0.493 e. The number of methoxy groups -OCH3 is 1. The number of ether oxygens (including phenoxy) is 1. The number of carbonyl (C=O) groups is 1. The van der Waals surface area contributed by atoms with Gasteiger partial charge < -0.3 is 24.7 Å². The van der Waals surface area contributed by atoms with Gasteiger partial charge in [-0.2, -0.15) is 0 Å². The van der Waals surface area contributed by atoms with Crippen LogP contribution in [-0.2, 0) is 0 Å². The number of hydroxylamine groups is 1. The van der Waals surface area contributed by atoms with E-state index in [-0.39, 0.29) is 17.3 Å². The minimum absolute atomic E-state index is 0.213. The Bertz CT molecular complexity index is 1500. The molecule has 1 aromatic heterocycles. The molecule has 0 bridgehead atoms. The molecule has 10 heteroatoms. The maximum absolute atomic E-state index is 14.9. The predicted octanol–water partition coefficient (Wildman–Crippen LogP) is 5.38. The van der Waals surface area contributed by atoms with Crippen LogP contribution in [0.25, 0.3) is 0 Å². The van der Waals surface area contributed by atoms with E-state index in [0.29, 0.717) is 28.6 Å². The van der Waals surface area contributed by atoms with Gasteiger partial charge in [-0.05, 0) is 62.4 Å². The lowest BCUT2D eigenvalue weighted by molar-refractivity contribution is 0.0875. The molecule has 1 N–H and O–H groups in total. The monoisotopic (exact) mass is 556 g/mol. The summed E-state index contributed by atoms with van der Waals surface area (Å²) in [6, 6.07) is 17.8. The number of benzene rings is 3. The maximum atomic E-state index is 14.9. The number of anilines is 4. The first-order valence-corrected chi connectivity index (χ1v) is 13.4. The first-order valence-electron chi connectivity index (χ1n) is 13.4. The number of likely N-dealkylation sites (N-methyl/N-ethyl adjacent to an activating group) is 1. The topological polar surface area (TPSA) is 83.1 Å². The van der Waals surface area contributed by atoms with Gasteiger partial charge in [0.15, 0.2) is 11.5 Å². The van der Waals surface area contributed by atoms with Crippen LogP contribution in [0.15, 0.2) is 73.1 Å². The Balaban J connectivity index is 1.36. The zero-order valence-corrected chi connectivity index (χ0v) is 23.6. The average molecular weight is 557 g/mol. The van der Waals surface area contributed by atoms with Crippen LogP contribution >= 0.6 is 0 Å². The summed E-state index contributed by atoms with van der Waals surface area (Å²) in [6.45, 7) is 7.15. The van der Waals surface area contributed by atoms with Crippen molar-refractivity contribution in [1.82, 2.24) is 14.9 Å². The number of carbonyl (C=O) groups excluding carboxylic acids is 1. The van der Waals surface area contributed by atoms with Crippen molar-refractivity contribution < 1.29 is 18.8 Å². The molecule has 1 amide bonds. The zero-order valence-electron chi connectivity index (χ0n) is 23.6. The fourth-order valence-electron chi connectivity index (χ4n) is 4.75. The Hall–Kier alpha value is -4.70. The molecule has 0 atom stereocenters. The predicted molar refractivity (Wildman–Crippen MR) is 158 cm³/mol. The molecule has 1 aliphatic heterocycles. The third-order valence-electron chi connectivity index (χ3n) is 7.03. The number of halogens is 1. The molecule has 1 saturated heterocycles. The highest BCUT2D eigenvalue weighted by atomic mass is 19.1. The van der Waals surface area contributed by atoms with E-state index >= 15 is 0 Å². The zero-order chi connectivity index (χ0) is 28.9. The van der Waals surface area contributed by atoms with Gasteiger partial charge in [-0.3, -0.25) is 4.79 Å². The smallest absolute Gasteiger partial charge is 0.294 e. The van der Waals surface area contributed by atoms with Gasteiger partial charge in [-0.15, -0.1) is 5.06 Å². The number of aryl methyl sites for hydroxylation is 2. The fraction of sp³-hybridized carbons (Fsp3) is 0.258. The Morgan fingerprint density at radius 3 is 2.22 bits per heavy atom. The van der Waals surface area contributed by atoms with Crippen LogP contribution in [0.1, 0.15) is 21.5 Å². The van der Waals surface area contributed by atoms with E-state index in [4.69, 9.17) is 9.57 Å². The average Bonchev–Trinajstić information content (AvgIpc) is 2.97. The number of piperazine rings is 1. The van der Waals surface area contributed by atoms with Crippen LogP contribution in [-0.4, -0.2) is 61.1 Å². The number of aromatic nitrogens is 2. The van der Waals surface area contributed by atoms with E-state index in [1.54, 1.807) is 37.4 Å². The molecule has 212 valence electrons. The Kier molecular flexibility index (Phi) is 8.30. The molecular formula is C31H33FN6O3. The first-order chi connectivity index (χ1) is 19.8. The van der Waals surface area contributed by atoms with Gasteiger partial charge in [0.1, 0.15) is 5.82 Å². The molecular weight excluding hydrogens is 523 g/mol. The third-order valence-corrected chi connectivity index (χ3v) is 7.03. The molecule has 0 saturated carbocycles. The van der Waals surface area contributed by atoms with Gasteiger partial charge in [0, 0.05) is 44.3 Å². The summed E-state index contributed by atoms with van der Waals surface area (Å²) in [5.41, 5.74) is 3.62. The quantitative estimate of drug-likeness (QED) is 0.290. The molecule has 1 aliphatic rings. The largest absolute Gasteiger partial charge is 0.493 e. The van der Waals surface area contributed by atoms with E-state index in [1.165, 1.54) is 23.5 Å². The highest BCUT2D eigenvalue weighted by Gasteiger charge is 2.26. The summed E-state index contributed by atoms with van der Waals surface area (Å²) in [5, 5.41) is 4.26. The summed E-state index contributed by atoms with van der Waals surface area (Å²) >= 11 is 0. The van der Waals surface area contributed by atoms with Crippen LogP contribution in [0.3, 0.4) is 0 Å². The SMILES string of the molecule is COc1ccccc1ON(C(=O)c1cnc(Nc2ccc(N3CCN(C)CC3)c(F)c2)nc1)c1c(C)cccc1C. The second-order valence-electron chi connectivity index (χ2n) is 9.96. The normalized spacial score (nSPS) is 13.5. The Morgan fingerprint density at radius 1 is 0.927 bits per heavy atom. The van der Waals surface area contributed by atoms with Gasteiger partial charge >= 0.3 is 0 Å². The molecule has 41 heavy (non-hydrogen) atoms. The molecule has 3 aromatic carbocycles. The lowest BCUT2D eigenvalue weighted by atomic mass is 10.1. The molecule has 1 fully saturated rings. The second-order valence-corrected chi connectivity index (χ2v) is 9.96. The van der Waals surface area contributed by atoms with E-state index in [2.05, 4.69) is 27.2 Å². The lowest BCUT2D eigenvalue weighted by Crippen LogP contribution is -2.44. The Labute approximate surface area is 239 Å². The van der Waals surface area contributed by atoms with Crippen molar-refractivity contribution in [2.75, 3.05) is 55.6 Å². The second kappa shape index (κ2) is 12.2. The molecule has 0 unspecified atom stereocenters. The van der Waals surface area contributed by atoms with Gasteiger partial charge in [0.25, 0.3) is 5.91 Å². The van der Waals surface area contributed by atoms with Crippen LogP contribution in [0, 0.1) is 19.7 Å². The van der Waals surface area contributed by atoms with Crippen molar-refractivity contribution in [2.24, 2.45) is 0 Å². The van der Waals surface area contributed by atoms with Crippen LogP contribution in [0.5, 0.6) is 11.5 Å². The molecule has 0 radical (unpaired) electrons. The van der Waals surface area contributed by atoms with Crippen molar-refractivity contribution >= 4 is 28.9 Å². The lowest BCUT2D eigenvalue weighted by Gasteiger charge is -2.34. The molecule has 2 heterocycles. The van der Waals surface area contributed by atoms with E-state index in [1.807, 2.05) is 43.0 Å². The van der Waals surface area contributed by atoms with Crippen molar-refractivity contribution in [3.05, 3.63) is 95.6 Å². The summed E-state index contributed by atoms with van der Waals surface area (Å²) in [7, 11) is 3.60. The summed E-state index contributed by atoms with van der Waals surface area (Å²) in [5.74, 6) is 0.328. The Morgan fingerprint density at radius 2 is 1.59 bits per heavy atom. The van der Waals surface area contributed by atoms with Gasteiger partial charge in [0.05, 0.1) is 24.0 Å². The molecule has 4 aromatic rings. The highest BCUT2D eigenvalue weighted by Crippen LogP contribution is 2.32. The van der Waals surface area contributed by atoms with Gasteiger partial charge in [0.2, 0.25) is 5.95 Å². The molecule has 5 rings (SSSR count). The van der Waals surface area contributed by atoms with Gasteiger partial charge in [-0.25, -0.2) is 14.4 Å². The van der Waals surface area contributed by atoms with Crippen LogP contribution in [0.4, 0.5) is 27.4 Å².